The number of nitrogens with two attached hydrogens (primary N) is 1. The molecular weight excluding hydrogens is 296 g/mol. The van der Waals surface area contributed by atoms with Gasteiger partial charge in [0.05, 0.1) is 13.2 Å². The number of hydrogen-bond donors (Lipinski definition) is 2. The summed E-state index contributed by atoms with van der Waals surface area (Å²) in [5, 5.41) is 2.55. The standard InChI is InChI=1S/C16H30N4O3/c1-2-13-11-20(12-14(13)19-7-9-23-10-8-19)15(21)5-3-4-6-18-16(17)22/h13-14H,2-12H2,1H3,(H3,17,18,22). The minimum atomic E-state index is -0.505. The highest BCUT2D eigenvalue weighted by molar-refractivity contribution is 5.76. The van der Waals surface area contributed by atoms with Gasteiger partial charge in [0.25, 0.3) is 0 Å². The molecule has 0 radical (unpaired) electrons. The van der Waals surface area contributed by atoms with Gasteiger partial charge in [-0.1, -0.05) is 13.3 Å². The normalized spacial score (nSPS) is 25.5. The van der Waals surface area contributed by atoms with E-state index in [-0.39, 0.29) is 5.91 Å². The largest absolute Gasteiger partial charge is 0.379 e. The highest BCUT2D eigenvalue weighted by atomic mass is 16.5. The first-order valence-electron chi connectivity index (χ1n) is 8.74. The van der Waals surface area contributed by atoms with Gasteiger partial charge in [-0.3, -0.25) is 9.69 Å². The lowest BCUT2D eigenvalue weighted by atomic mass is 9.99. The first-order valence-corrected chi connectivity index (χ1v) is 8.74. The number of morpholine rings is 1. The van der Waals surface area contributed by atoms with Gasteiger partial charge in [-0.2, -0.15) is 0 Å². The Kier molecular flexibility index (Phi) is 7.11. The van der Waals surface area contributed by atoms with E-state index < -0.39 is 6.03 Å². The van der Waals surface area contributed by atoms with Crippen LogP contribution in [0.15, 0.2) is 0 Å². The number of primary amides is 1. The number of nitrogens with one attached hydrogen (secondary N) is 1. The zero-order valence-electron chi connectivity index (χ0n) is 14.1. The molecule has 2 saturated heterocycles. The first kappa shape index (κ1) is 18.0. The van der Waals surface area contributed by atoms with Gasteiger partial charge in [0.2, 0.25) is 5.91 Å². The molecule has 3 amide bonds. The molecule has 2 rings (SSSR count). The lowest BCUT2D eigenvalue weighted by molar-refractivity contribution is -0.130. The molecule has 2 fully saturated rings. The Bertz CT molecular complexity index is 399. The van der Waals surface area contributed by atoms with Crippen molar-refractivity contribution in [3.05, 3.63) is 0 Å². The molecular formula is C16H30N4O3. The quantitative estimate of drug-likeness (QED) is 0.663. The average Bonchev–Trinajstić information content (AvgIpc) is 2.99. The van der Waals surface area contributed by atoms with Crippen molar-refractivity contribution < 1.29 is 14.3 Å². The molecule has 0 aromatic rings. The summed E-state index contributed by atoms with van der Waals surface area (Å²) in [6, 6.07) is -0.0283. The van der Waals surface area contributed by atoms with Crippen molar-refractivity contribution in [3.63, 3.8) is 0 Å². The predicted octanol–water partition coefficient (Wildman–Crippen LogP) is 0.394. The third-order valence-corrected chi connectivity index (χ3v) is 4.91. The van der Waals surface area contributed by atoms with Crippen LogP contribution in [0.5, 0.6) is 0 Å². The molecule has 2 aliphatic rings. The number of likely N-dealkylation sites (tertiary alicyclic amines) is 1. The van der Waals surface area contributed by atoms with Crippen LogP contribution < -0.4 is 11.1 Å². The average molecular weight is 326 g/mol. The third kappa shape index (κ3) is 5.35. The molecule has 0 saturated carbocycles. The summed E-state index contributed by atoms with van der Waals surface area (Å²) in [5.74, 6) is 0.798. The van der Waals surface area contributed by atoms with Crippen LogP contribution in [-0.4, -0.2) is 73.7 Å². The van der Waals surface area contributed by atoms with Crippen LogP contribution in [0.1, 0.15) is 32.6 Å². The van der Waals surface area contributed by atoms with Gasteiger partial charge in [-0.15, -0.1) is 0 Å². The second-order valence-corrected chi connectivity index (χ2v) is 6.43. The van der Waals surface area contributed by atoms with Crippen molar-refractivity contribution in [2.24, 2.45) is 11.7 Å². The summed E-state index contributed by atoms with van der Waals surface area (Å²) in [5.41, 5.74) is 5.01. The van der Waals surface area contributed by atoms with E-state index in [4.69, 9.17) is 10.5 Å². The molecule has 2 aliphatic heterocycles. The van der Waals surface area contributed by atoms with Crippen molar-refractivity contribution in [1.82, 2.24) is 15.1 Å². The fourth-order valence-corrected chi connectivity index (χ4v) is 3.55. The van der Waals surface area contributed by atoms with Crippen LogP contribution in [0, 0.1) is 5.92 Å². The number of urea groups is 1. The topological polar surface area (TPSA) is 87.9 Å². The Morgan fingerprint density at radius 2 is 1.96 bits per heavy atom. The molecule has 132 valence electrons. The Hall–Kier alpha value is -1.34. The number of carbonyl (C=O) groups excluding carboxylic acids is 2. The minimum absolute atomic E-state index is 0.235. The maximum absolute atomic E-state index is 12.4. The summed E-state index contributed by atoms with van der Waals surface area (Å²) >= 11 is 0. The summed E-state index contributed by atoms with van der Waals surface area (Å²) in [6.45, 7) is 8.01. The maximum Gasteiger partial charge on any atom is 0.312 e. The number of amides is 3. The van der Waals surface area contributed by atoms with Gasteiger partial charge < -0.3 is 20.7 Å². The maximum atomic E-state index is 12.4. The predicted molar refractivity (Wildman–Crippen MR) is 88.0 cm³/mol. The van der Waals surface area contributed by atoms with E-state index in [1.165, 1.54) is 0 Å². The van der Waals surface area contributed by atoms with E-state index >= 15 is 0 Å². The van der Waals surface area contributed by atoms with Gasteiger partial charge in [0, 0.05) is 45.2 Å². The van der Waals surface area contributed by atoms with E-state index in [1.54, 1.807) is 0 Å². The Morgan fingerprint density at radius 3 is 2.61 bits per heavy atom. The fraction of sp³-hybridized carbons (Fsp3) is 0.875. The molecule has 0 aromatic heterocycles. The zero-order chi connectivity index (χ0) is 16.7. The van der Waals surface area contributed by atoms with Crippen molar-refractivity contribution >= 4 is 11.9 Å². The SMILES string of the molecule is CCC1CN(C(=O)CCCCNC(N)=O)CC1N1CCOCC1. The molecule has 3 N–H and O–H groups in total. The number of unbranched alkanes of at least 4 members (excludes halogenated alkanes) is 1. The van der Waals surface area contributed by atoms with Gasteiger partial charge in [-0.25, -0.2) is 4.79 Å². The Balaban J connectivity index is 1.74. The number of nitrogens with zero attached hydrogens (tertiary/aromatic N) is 2. The smallest absolute Gasteiger partial charge is 0.312 e. The zero-order valence-corrected chi connectivity index (χ0v) is 14.1. The highest BCUT2D eigenvalue weighted by Crippen LogP contribution is 2.26. The van der Waals surface area contributed by atoms with Crippen molar-refractivity contribution in [1.29, 1.82) is 0 Å². The van der Waals surface area contributed by atoms with E-state index in [0.717, 1.165) is 58.7 Å². The summed E-state index contributed by atoms with van der Waals surface area (Å²) in [7, 11) is 0. The highest BCUT2D eigenvalue weighted by Gasteiger charge is 2.37. The van der Waals surface area contributed by atoms with E-state index in [1.807, 2.05) is 4.90 Å². The summed E-state index contributed by atoms with van der Waals surface area (Å²) in [4.78, 5) is 27.5. The van der Waals surface area contributed by atoms with Crippen LogP contribution in [0.3, 0.4) is 0 Å². The van der Waals surface area contributed by atoms with Crippen LogP contribution in [0.4, 0.5) is 4.79 Å². The second-order valence-electron chi connectivity index (χ2n) is 6.43. The Labute approximate surface area is 138 Å². The molecule has 2 atom stereocenters. The molecule has 2 unspecified atom stereocenters. The van der Waals surface area contributed by atoms with Gasteiger partial charge in [0.15, 0.2) is 0 Å². The van der Waals surface area contributed by atoms with Crippen molar-refractivity contribution in [3.8, 4) is 0 Å². The van der Waals surface area contributed by atoms with Crippen LogP contribution in [-0.2, 0) is 9.53 Å². The molecule has 0 aromatic carbocycles. The van der Waals surface area contributed by atoms with Crippen LogP contribution in [0.2, 0.25) is 0 Å². The van der Waals surface area contributed by atoms with Gasteiger partial charge >= 0.3 is 6.03 Å². The molecule has 23 heavy (non-hydrogen) atoms. The molecule has 7 nitrogen and oxygen atoms in total. The summed E-state index contributed by atoms with van der Waals surface area (Å²) in [6.07, 6.45) is 3.22. The second kappa shape index (κ2) is 9.08. The van der Waals surface area contributed by atoms with Crippen molar-refractivity contribution in [2.75, 3.05) is 45.9 Å². The number of rotatable bonds is 7. The molecule has 0 aliphatic carbocycles. The van der Waals surface area contributed by atoms with Crippen LogP contribution >= 0.6 is 0 Å². The first-order chi connectivity index (χ1) is 11.1. The molecule has 7 heteroatoms. The monoisotopic (exact) mass is 326 g/mol. The van der Waals surface area contributed by atoms with Gasteiger partial charge in [-0.05, 0) is 18.8 Å². The van der Waals surface area contributed by atoms with Crippen molar-refractivity contribution in [2.45, 2.75) is 38.6 Å². The molecule has 2 heterocycles. The van der Waals surface area contributed by atoms with Gasteiger partial charge in [0.1, 0.15) is 0 Å². The number of carbonyl (C=O) groups is 2. The van der Waals surface area contributed by atoms with E-state index in [9.17, 15) is 9.59 Å². The molecule has 0 bridgehead atoms. The fourth-order valence-electron chi connectivity index (χ4n) is 3.55. The summed E-state index contributed by atoms with van der Waals surface area (Å²) < 4.78 is 5.43. The van der Waals surface area contributed by atoms with E-state index in [0.29, 0.717) is 24.9 Å². The lowest BCUT2D eigenvalue weighted by Crippen LogP contribution is -2.47. The van der Waals surface area contributed by atoms with Crippen LogP contribution in [0.25, 0.3) is 0 Å². The lowest BCUT2D eigenvalue weighted by Gasteiger charge is -2.34. The minimum Gasteiger partial charge on any atom is -0.379 e. The molecule has 0 spiro atoms. The number of hydrogen-bond acceptors (Lipinski definition) is 4. The Morgan fingerprint density at radius 1 is 1.22 bits per heavy atom. The van der Waals surface area contributed by atoms with E-state index in [2.05, 4.69) is 17.1 Å². The number of ether oxygens (including phenoxy) is 1. The third-order valence-electron chi connectivity index (χ3n) is 4.91.